The summed E-state index contributed by atoms with van der Waals surface area (Å²) in [5, 5.41) is 0. The van der Waals surface area contributed by atoms with E-state index in [9.17, 15) is 4.79 Å². The average Bonchev–Trinajstić information content (AvgIpc) is 2.53. The van der Waals surface area contributed by atoms with E-state index in [-0.39, 0.29) is 5.91 Å². The fraction of sp³-hybridized carbons (Fsp3) is 0.278. The summed E-state index contributed by atoms with van der Waals surface area (Å²) in [4.78, 5) is 11.7. The number of hydrazine groups is 1. The van der Waals surface area contributed by atoms with Crippen molar-refractivity contribution in [2.24, 2.45) is 5.84 Å². The molecule has 3 heteroatoms. The van der Waals surface area contributed by atoms with E-state index in [1.165, 1.54) is 16.7 Å². The van der Waals surface area contributed by atoms with Crippen molar-refractivity contribution in [3.63, 3.8) is 0 Å². The molecule has 0 aliphatic heterocycles. The molecule has 0 radical (unpaired) electrons. The summed E-state index contributed by atoms with van der Waals surface area (Å²) >= 11 is 0. The molecule has 2 rings (SSSR count). The standard InChI is InChI=1S/C18H22N2O/c1-3-15-12-16(18(21)20-19)11-13(2)17(15)10-9-14-7-5-4-6-8-14/h4-8,11-12H,3,9-10,19H2,1-2H3,(H,20,21). The van der Waals surface area contributed by atoms with Crippen LogP contribution in [-0.2, 0) is 19.3 Å². The van der Waals surface area contributed by atoms with Gasteiger partial charge in [-0.25, -0.2) is 5.84 Å². The molecule has 2 aromatic rings. The molecule has 2 aromatic carbocycles. The number of amides is 1. The lowest BCUT2D eigenvalue weighted by atomic mass is 9.92. The molecule has 0 aliphatic rings. The van der Waals surface area contributed by atoms with Gasteiger partial charge in [0.15, 0.2) is 0 Å². The van der Waals surface area contributed by atoms with E-state index >= 15 is 0 Å². The van der Waals surface area contributed by atoms with Gasteiger partial charge in [0, 0.05) is 5.56 Å². The maximum absolute atomic E-state index is 11.7. The van der Waals surface area contributed by atoms with Crippen molar-refractivity contribution in [2.45, 2.75) is 33.1 Å². The number of hydrogen-bond acceptors (Lipinski definition) is 2. The molecule has 0 saturated carbocycles. The predicted octanol–water partition coefficient (Wildman–Crippen LogP) is 2.95. The number of carbonyl (C=O) groups excluding carboxylic acids is 1. The van der Waals surface area contributed by atoms with Crippen molar-refractivity contribution in [2.75, 3.05) is 0 Å². The Morgan fingerprint density at radius 1 is 1.14 bits per heavy atom. The highest BCUT2D eigenvalue weighted by molar-refractivity contribution is 5.94. The zero-order chi connectivity index (χ0) is 15.2. The summed E-state index contributed by atoms with van der Waals surface area (Å²) in [7, 11) is 0. The minimum atomic E-state index is -0.234. The molecule has 21 heavy (non-hydrogen) atoms. The third-order valence-electron chi connectivity index (χ3n) is 3.85. The highest BCUT2D eigenvalue weighted by Gasteiger charge is 2.11. The SMILES string of the molecule is CCc1cc(C(=O)NN)cc(C)c1CCc1ccccc1. The Balaban J connectivity index is 2.24. The predicted molar refractivity (Wildman–Crippen MR) is 86.1 cm³/mol. The Labute approximate surface area is 126 Å². The van der Waals surface area contributed by atoms with Crippen LogP contribution < -0.4 is 11.3 Å². The van der Waals surface area contributed by atoms with Gasteiger partial charge in [-0.2, -0.15) is 0 Å². The van der Waals surface area contributed by atoms with Crippen LogP contribution in [0.2, 0.25) is 0 Å². The molecule has 1 amide bonds. The van der Waals surface area contributed by atoms with E-state index < -0.39 is 0 Å². The third kappa shape index (κ3) is 3.70. The number of hydrogen-bond donors (Lipinski definition) is 2. The molecule has 110 valence electrons. The fourth-order valence-electron chi connectivity index (χ4n) is 2.69. The lowest BCUT2D eigenvalue weighted by Crippen LogP contribution is -2.30. The second-order valence-electron chi connectivity index (χ2n) is 5.24. The zero-order valence-corrected chi connectivity index (χ0v) is 12.6. The van der Waals surface area contributed by atoms with Crippen molar-refractivity contribution in [1.82, 2.24) is 5.43 Å². The lowest BCUT2D eigenvalue weighted by molar-refractivity contribution is 0.0953. The molecule has 0 fully saturated rings. The van der Waals surface area contributed by atoms with E-state index in [0.29, 0.717) is 5.56 Å². The normalized spacial score (nSPS) is 10.4. The molecule has 3 N–H and O–H groups in total. The Morgan fingerprint density at radius 2 is 1.86 bits per heavy atom. The van der Waals surface area contributed by atoms with Crippen LogP contribution in [0.15, 0.2) is 42.5 Å². The molecular formula is C18H22N2O. The monoisotopic (exact) mass is 282 g/mol. The molecule has 3 nitrogen and oxygen atoms in total. The van der Waals surface area contributed by atoms with Gasteiger partial charge in [0.1, 0.15) is 0 Å². The van der Waals surface area contributed by atoms with Gasteiger partial charge in [0.25, 0.3) is 5.91 Å². The topological polar surface area (TPSA) is 55.1 Å². The van der Waals surface area contributed by atoms with E-state index in [1.807, 2.05) is 18.2 Å². The van der Waals surface area contributed by atoms with Gasteiger partial charge < -0.3 is 0 Å². The number of aryl methyl sites for hydroxylation is 3. The van der Waals surface area contributed by atoms with Crippen molar-refractivity contribution < 1.29 is 4.79 Å². The minimum Gasteiger partial charge on any atom is -0.290 e. The van der Waals surface area contributed by atoms with E-state index in [2.05, 4.69) is 43.5 Å². The van der Waals surface area contributed by atoms with Crippen LogP contribution in [0.1, 0.15) is 39.5 Å². The Kier molecular flexibility index (Phi) is 5.12. The third-order valence-corrected chi connectivity index (χ3v) is 3.85. The first-order chi connectivity index (χ1) is 10.2. The van der Waals surface area contributed by atoms with Gasteiger partial charge in [-0.05, 0) is 60.6 Å². The van der Waals surface area contributed by atoms with Gasteiger partial charge in [-0.1, -0.05) is 37.3 Å². The summed E-state index contributed by atoms with van der Waals surface area (Å²) in [6, 6.07) is 14.3. The Hall–Kier alpha value is -2.13. The van der Waals surface area contributed by atoms with Crippen LogP contribution in [0.5, 0.6) is 0 Å². The number of benzene rings is 2. The van der Waals surface area contributed by atoms with Crippen molar-refractivity contribution >= 4 is 5.91 Å². The summed E-state index contributed by atoms with van der Waals surface area (Å²) in [6.07, 6.45) is 2.91. The average molecular weight is 282 g/mol. The van der Waals surface area contributed by atoms with E-state index in [1.54, 1.807) is 0 Å². The molecular weight excluding hydrogens is 260 g/mol. The van der Waals surface area contributed by atoms with E-state index in [4.69, 9.17) is 5.84 Å². The van der Waals surface area contributed by atoms with Crippen molar-refractivity contribution in [3.8, 4) is 0 Å². The molecule has 0 aromatic heterocycles. The number of rotatable bonds is 5. The zero-order valence-electron chi connectivity index (χ0n) is 12.6. The highest BCUT2D eigenvalue weighted by Crippen LogP contribution is 2.20. The summed E-state index contributed by atoms with van der Waals surface area (Å²) in [6.45, 7) is 4.18. The molecule has 0 aliphatic carbocycles. The summed E-state index contributed by atoms with van der Waals surface area (Å²) < 4.78 is 0. The molecule has 0 unspecified atom stereocenters. The molecule has 0 saturated heterocycles. The second kappa shape index (κ2) is 7.04. The number of carbonyl (C=O) groups is 1. The maximum Gasteiger partial charge on any atom is 0.265 e. The molecule has 0 spiro atoms. The fourth-order valence-corrected chi connectivity index (χ4v) is 2.69. The number of nitrogen functional groups attached to an aromatic ring is 1. The number of nitrogens with two attached hydrogens (primary N) is 1. The molecule has 0 atom stereocenters. The molecule has 0 bridgehead atoms. The maximum atomic E-state index is 11.7. The Bertz CT molecular complexity index is 621. The first-order valence-electron chi connectivity index (χ1n) is 7.33. The molecule has 0 heterocycles. The van der Waals surface area contributed by atoms with Crippen LogP contribution >= 0.6 is 0 Å². The number of nitrogens with one attached hydrogen (secondary N) is 1. The van der Waals surface area contributed by atoms with E-state index in [0.717, 1.165) is 24.8 Å². The first-order valence-corrected chi connectivity index (χ1v) is 7.33. The quantitative estimate of drug-likeness (QED) is 0.503. The van der Waals surface area contributed by atoms with Crippen molar-refractivity contribution in [1.29, 1.82) is 0 Å². The largest absolute Gasteiger partial charge is 0.290 e. The highest BCUT2D eigenvalue weighted by atomic mass is 16.2. The van der Waals surface area contributed by atoms with Crippen LogP contribution in [0.4, 0.5) is 0 Å². The van der Waals surface area contributed by atoms with Gasteiger partial charge >= 0.3 is 0 Å². The van der Waals surface area contributed by atoms with Gasteiger partial charge in [0.05, 0.1) is 0 Å². The first kappa shape index (κ1) is 15.3. The smallest absolute Gasteiger partial charge is 0.265 e. The second-order valence-corrected chi connectivity index (χ2v) is 5.24. The van der Waals surface area contributed by atoms with Gasteiger partial charge in [-0.15, -0.1) is 0 Å². The van der Waals surface area contributed by atoms with Crippen LogP contribution in [-0.4, -0.2) is 5.91 Å². The summed E-state index contributed by atoms with van der Waals surface area (Å²) in [5.41, 5.74) is 7.89. The Morgan fingerprint density at radius 3 is 2.48 bits per heavy atom. The van der Waals surface area contributed by atoms with Gasteiger partial charge in [0.2, 0.25) is 0 Å². The minimum absolute atomic E-state index is 0.234. The van der Waals surface area contributed by atoms with Crippen LogP contribution in [0.25, 0.3) is 0 Å². The van der Waals surface area contributed by atoms with Gasteiger partial charge in [-0.3, -0.25) is 10.2 Å². The van der Waals surface area contributed by atoms with Crippen LogP contribution in [0.3, 0.4) is 0 Å². The summed E-state index contributed by atoms with van der Waals surface area (Å²) in [5.74, 6) is 4.98. The van der Waals surface area contributed by atoms with Crippen molar-refractivity contribution in [3.05, 3.63) is 70.3 Å². The van der Waals surface area contributed by atoms with Crippen LogP contribution in [0, 0.1) is 6.92 Å². The lowest BCUT2D eigenvalue weighted by Gasteiger charge is -2.14.